The second-order valence-electron chi connectivity index (χ2n) is 5.34. The van der Waals surface area contributed by atoms with Gasteiger partial charge in [-0.05, 0) is 21.0 Å². The van der Waals surface area contributed by atoms with Crippen molar-refractivity contribution in [1.29, 1.82) is 0 Å². The van der Waals surface area contributed by atoms with Crippen LogP contribution in [0.1, 0.15) is 17.3 Å². The number of hydrogen-bond donors (Lipinski definition) is 1. The van der Waals surface area contributed by atoms with E-state index >= 15 is 0 Å². The minimum absolute atomic E-state index is 0.110. The molecule has 0 amide bonds. The number of hydrogen-bond acceptors (Lipinski definition) is 6. The monoisotopic (exact) mass is 280 g/mol. The third kappa shape index (κ3) is 2.58. The Balaban J connectivity index is 2.27. The second-order valence-corrected chi connectivity index (χ2v) is 5.34. The van der Waals surface area contributed by atoms with Crippen molar-refractivity contribution in [1.82, 2.24) is 19.6 Å². The van der Waals surface area contributed by atoms with Crippen molar-refractivity contribution in [2.75, 3.05) is 40.8 Å². The lowest BCUT2D eigenvalue weighted by atomic mass is 10.1. The number of aromatic nitrogens is 2. The molecule has 0 fully saturated rings. The number of rotatable bonds is 5. The first-order valence-electron chi connectivity index (χ1n) is 6.74. The molecule has 112 valence electrons. The predicted molar refractivity (Wildman–Crippen MR) is 79.0 cm³/mol. The van der Waals surface area contributed by atoms with Gasteiger partial charge in [-0.3, -0.25) is 4.99 Å². The van der Waals surface area contributed by atoms with Crippen molar-refractivity contribution in [3.8, 4) is 5.88 Å². The smallest absolute Gasteiger partial charge is 0.216 e. The molecule has 0 bridgehead atoms. The fraction of sp³-hybridized carbons (Fsp3) is 0.692. The second kappa shape index (κ2) is 5.70. The molecule has 1 atom stereocenters. The SMILES string of the molecule is COc1c(C2CN=C(N)N2CCN(C)C)c(C)nn1C. The Bertz CT molecular complexity index is 507. The summed E-state index contributed by atoms with van der Waals surface area (Å²) in [6, 6.07) is 0.110. The van der Waals surface area contributed by atoms with E-state index in [1.54, 1.807) is 11.8 Å². The van der Waals surface area contributed by atoms with Crippen LogP contribution in [0.15, 0.2) is 4.99 Å². The number of aliphatic imine (C=N–C) groups is 1. The molecule has 2 N–H and O–H groups in total. The zero-order valence-corrected chi connectivity index (χ0v) is 12.9. The highest BCUT2D eigenvalue weighted by Gasteiger charge is 2.33. The van der Waals surface area contributed by atoms with Gasteiger partial charge in [-0.15, -0.1) is 0 Å². The lowest BCUT2D eigenvalue weighted by Crippen LogP contribution is -2.40. The van der Waals surface area contributed by atoms with E-state index in [-0.39, 0.29) is 6.04 Å². The fourth-order valence-corrected chi connectivity index (χ4v) is 2.63. The molecule has 0 saturated heterocycles. The van der Waals surface area contributed by atoms with Gasteiger partial charge in [-0.25, -0.2) is 4.68 Å². The molecule has 1 aromatic heterocycles. The Morgan fingerprint density at radius 2 is 2.15 bits per heavy atom. The first kappa shape index (κ1) is 14.6. The van der Waals surface area contributed by atoms with Crippen LogP contribution in [-0.4, -0.2) is 66.4 Å². The summed E-state index contributed by atoms with van der Waals surface area (Å²) < 4.78 is 7.26. The molecule has 0 spiro atoms. The first-order valence-corrected chi connectivity index (χ1v) is 6.74. The summed E-state index contributed by atoms with van der Waals surface area (Å²) in [6.07, 6.45) is 0. The molecule has 0 radical (unpaired) electrons. The molecule has 0 aromatic carbocycles. The molecule has 1 aromatic rings. The van der Waals surface area contributed by atoms with E-state index in [0.29, 0.717) is 12.5 Å². The molecule has 0 saturated carbocycles. The van der Waals surface area contributed by atoms with Crippen LogP contribution in [0.5, 0.6) is 5.88 Å². The number of nitrogens with two attached hydrogens (primary N) is 1. The van der Waals surface area contributed by atoms with Crippen LogP contribution in [0.25, 0.3) is 0 Å². The largest absolute Gasteiger partial charge is 0.481 e. The van der Waals surface area contributed by atoms with Crippen LogP contribution >= 0.6 is 0 Å². The zero-order chi connectivity index (χ0) is 14.9. The average molecular weight is 280 g/mol. The van der Waals surface area contributed by atoms with Crippen LogP contribution in [-0.2, 0) is 7.05 Å². The summed E-state index contributed by atoms with van der Waals surface area (Å²) >= 11 is 0. The highest BCUT2D eigenvalue weighted by Crippen LogP contribution is 2.34. The number of likely N-dealkylation sites (N-methyl/N-ethyl adjacent to an activating group) is 1. The van der Waals surface area contributed by atoms with Crippen LogP contribution in [0, 0.1) is 6.92 Å². The standard InChI is InChI=1S/C13H24N6O/c1-9-11(12(20-5)18(4)16-9)10-8-15-13(14)19(10)7-6-17(2)3/h10H,6-8H2,1-5H3,(H2,14,15). The maximum atomic E-state index is 6.03. The van der Waals surface area contributed by atoms with Gasteiger partial charge in [0.15, 0.2) is 5.96 Å². The van der Waals surface area contributed by atoms with Crippen molar-refractivity contribution in [3.63, 3.8) is 0 Å². The Hall–Kier alpha value is -1.76. The van der Waals surface area contributed by atoms with Gasteiger partial charge in [-0.1, -0.05) is 0 Å². The minimum atomic E-state index is 0.110. The fourth-order valence-electron chi connectivity index (χ4n) is 2.63. The number of aryl methyl sites for hydroxylation is 2. The lowest BCUT2D eigenvalue weighted by Gasteiger charge is -2.27. The van der Waals surface area contributed by atoms with Gasteiger partial charge in [-0.2, -0.15) is 5.10 Å². The van der Waals surface area contributed by atoms with E-state index in [9.17, 15) is 0 Å². The summed E-state index contributed by atoms with van der Waals surface area (Å²) in [5.74, 6) is 1.38. The van der Waals surface area contributed by atoms with Gasteiger partial charge in [0.25, 0.3) is 0 Å². The number of guanidine groups is 1. The maximum absolute atomic E-state index is 6.03. The Morgan fingerprint density at radius 3 is 2.75 bits per heavy atom. The molecule has 2 heterocycles. The minimum Gasteiger partial charge on any atom is -0.481 e. The van der Waals surface area contributed by atoms with Gasteiger partial charge < -0.3 is 20.3 Å². The van der Waals surface area contributed by atoms with Crippen LogP contribution in [0.4, 0.5) is 0 Å². The average Bonchev–Trinajstić information content (AvgIpc) is 2.86. The quantitative estimate of drug-likeness (QED) is 0.820. The summed E-state index contributed by atoms with van der Waals surface area (Å²) in [5, 5.41) is 4.44. The van der Waals surface area contributed by atoms with Crippen molar-refractivity contribution in [2.45, 2.75) is 13.0 Å². The zero-order valence-electron chi connectivity index (χ0n) is 12.9. The number of nitrogens with zero attached hydrogens (tertiary/aromatic N) is 5. The van der Waals surface area contributed by atoms with Gasteiger partial charge in [0, 0.05) is 20.1 Å². The first-order chi connectivity index (χ1) is 9.45. The van der Waals surface area contributed by atoms with Crippen molar-refractivity contribution in [3.05, 3.63) is 11.3 Å². The maximum Gasteiger partial charge on any atom is 0.216 e. The van der Waals surface area contributed by atoms with Gasteiger partial charge >= 0.3 is 0 Å². The van der Waals surface area contributed by atoms with E-state index in [0.717, 1.165) is 30.2 Å². The van der Waals surface area contributed by atoms with Crippen molar-refractivity contribution >= 4 is 5.96 Å². The highest BCUT2D eigenvalue weighted by molar-refractivity contribution is 5.80. The normalized spacial score (nSPS) is 18.8. The van der Waals surface area contributed by atoms with Crippen molar-refractivity contribution < 1.29 is 4.74 Å². The van der Waals surface area contributed by atoms with Crippen LogP contribution < -0.4 is 10.5 Å². The lowest BCUT2D eigenvalue weighted by molar-refractivity contribution is 0.284. The van der Waals surface area contributed by atoms with Gasteiger partial charge in [0.05, 0.1) is 31.0 Å². The molecule has 7 nitrogen and oxygen atoms in total. The van der Waals surface area contributed by atoms with Crippen LogP contribution in [0.2, 0.25) is 0 Å². The summed E-state index contributed by atoms with van der Waals surface area (Å²) in [6.45, 7) is 4.41. The van der Waals surface area contributed by atoms with Gasteiger partial charge in [0.1, 0.15) is 0 Å². The third-order valence-electron chi connectivity index (χ3n) is 3.63. The molecule has 1 aliphatic heterocycles. The Kier molecular flexibility index (Phi) is 4.17. The molecule has 1 unspecified atom stereocenters. The molecule has 1 aliphatic rings. The summed E-state index contributed by atoms with van der Waals surface area (Å²) in [4.78, 5) is 8.65. The number of ether oxygens (including phenoxy) is 1. The van der Waals surface area contributed by atoms with E-state index in [1.807, 2.05) is 28.1 Å². The Labute approximate surface area is 120 Å². The van der Waals surface area contributed by atoms with E-state index < -0.39 is 0 Å². The topological polar surface area (TPSA) is 71.9 Å². The molecule has 2 rings (SSSR count). The van der Waals surface area contributed by atoms with Crippen molar-refractivity contribution in [2.24, 2.45) is 17.8 Å². The van der Waals surface area contributed by atoms with Crippen LogP contribution in [0.3, 0.4) is 0 Å². The molecule has 7 heteroatoms. The number of methoxy groups -OCH3 is 1. The van der Waals surface area contributed by atoms with E-state index in [4.69, 9.17) is 10.5 Å². The van der Waals surface area contributed by atoms with E-state index in [2.05, 4.69) is 19.9 Å². The summed E-state index contributed by atoms with van der Waals surface area (Å²) in [7, 11) is 7.66. The predicted octanol–water partition coefficient (Wildman–Crippen LogP) is -0.0299. The van der Waals surface area contributed by atoms with Gasteiger partial charge in [0.2, 0.25) is 5.88 Å². The summed E-state index contributed by atoms with van der Waals surface area (Å²) in [5.41, 5.74) is 8.08. The molecular weight excluding hydrogens is 256 g/mol. The molecule has 20 heavy (non-hydrogen) atoms. The third-order valence-corrected chi connectivity index (χ3v) is 3.63. The molecule has 0 aliphatic carbocycles. The van der Waals surface area contributed by atoms with E-state index in [1.165, 1.54) is 0 Å². The Morgan fingerprint density at radius 1 is 1.45 bits per heavy atom. The highest BCUT2D eigenvalue weighted by atomic mass is 16.5. The molecular formula is C13H24N6O.